The summed E-state index contributed by atoms with van der Waals surface area (Å²) in [6, 6.07) is 14.0. The van der Waals surface area contributed by atoms with Crippen molar-refractivity contribution in [2.24, 2.45) is 0 Å². The smallest absolute Gasteiger partial charge is 0.233 e. The van der Waals surface area contributed by atoms with Gasteiger partial charge in [-0.25, -0.2) is 0 Å². The maximum absolute atomic E-state index is 12.4. The third kappa shape index (κ3) is 3.65. The van der Waals surface area contributed by atoms with Gasteiger partial charge in [0.05, 0.1) is 0 Å². The minimum absolute atomic E-state index is 0.116. The van der Waals surface area contributed by atoms with Gasteiger partial charge in [0.2, 0.25) is 11.8 Å². The maximum atomic E-state index is 12.4. The summed E-state index contributed by atoms with van der Waals surface area (Å²) >= 11 is 0. The highest BCUT2D eigenvalue weighted by Gasteiger charge is 2.22. The quantitative estimate of drug-likeness (QED) is 0.882. The highest BCUT2D eigenvalue weighted by atomic mass is 16.2. The Labute approximate surface area is 142 Å². The van der Waals surface area contributed by atoms with E-state index >= 15 is 0 Å². The largest absolute Gasteiger partial charge is 0.338 e. The number of aryl methyl sites for hydroxylation is 2. The molecule has 2 aromatic rings. The predicted molar refractivity (Wildman–Crippen MR) is 94.7 cm³/mol. The van der Waals surface area contributed by atoms with Crippen LogP contribution < -0.4 is 5.32 Å². The standard InChI is InChI=1S/C20H22N2O2/c1-14-7-8-18(15(2)11-14)21-19(23)12-20(24)22-10-9-16-5-3-4-6-17(16)13-22/h3-8,11H,9-10,12-13H2,1-2H3,(H,21,23). The first-order chi connectivity index (χ1) is 11.5. The van der Waals surface area contributed by atoms with Crippen LogP contribution in [0.15, 0.2) is 42.5 Å². The Morgan fingerprint density at radius 1 is 1.08 bits per heavy atom. The zero-order valence-corrected chi connectivity index (χ0v) is 14.1. The van der Waals surface area contributed by atoms with Crippen LogP contribution in [0.3, 0.4) is 0 Å². The lowest BCUT2D eigenvalue weighted by molar-refractivity contribution is -0.135. The molecule has 0 bridgehead atoms. The zero-order valence-electron chi connectivity index (χ0n) is 14.1. The first kappa shape index (κ1) is 16.2. The number of nitrogens with zero attached hydrogens (tertiary/aromatic N) is 1. The molecule has 1 aliphatic rings. The molecule has 0 saturated carbocycles. The Kier molecular flexibility index (Phi) is 4.65. The molecule has 0 aromatic heterocycles. The maximum Gasteiger partial charge on any atom is 0.233 e. The molecule has 0 radical (unpaired) electrons. The number of hydrogen-bond donors (Lipinski definition) is 1. The van der Waals surface area contributed by atoms with Gasteiger partial charge in [-0.1, -0.05) is 42.0 Å². The molecule has 0 fully saturated rings. The van der Waals surface area contributed by atoms with Gasteiger partial charge in [-0.2, -0.15) is 0 Å². The van der Waals surface area contributed by atoms with Crippen molar-refractivity contribution in [2.45, 2.75) is 33.2 Å². The molecule has 124 valence electrons. The monoisotopic (exact) mass is 322 g/mol. The van der Waals surface area contributed by atoms with Crippen molar-refractivity contribution in [1.29, 1.82) is 0 Å². The number of anilines is 1. The van der Waals surface area contributed by atoms with Crippen molar-refractivity contribution in [3.63, 3.8) is 0 Å². The average Bonchev–Trinajstić information content (AvgIpc) is 2.57. The number of rotatable bonds is 3. The Hall–Kier alpha value is -2.62. The molecule has 4 heteroatoms. The fraction of sp³-hybridized carbons (Fsp3) is 0.300. The van der Waals surface area contributed by atoms with Crippen LogP contribution in [-0.2, 0) is 22.6 Å². The van der Waals surface area contributed by atoms with Gasteiger partial charge in [-0.05, 0) is 43.0 Å². The third-order valence-electron chi connectivity index (χ3n) is 4.45. The Morgan fingerprint density at radius 2 is 1.83 bits per heavy atom. The summed E-state index contributed by atoms with van der Waals surface area (Å²) < 4.78 is 0. The van der Waals surface area contributed by atoms with Crippen LogP contribution >= 0.6 is 0 Å². The average molecular weight is 322 g/mol. The van der Waals surface area contributed by atoms with Crippen molar-refractivity contribution >= 4 is 17.5 Å². The first-order valence-electron chi connectivity index (χ1n) is 8.24. The SMILES string of the molecule is Cc1ccc(NC(=O)CC(=O)N2CCc3ccccc3C2)c(C)c1. The molecule has 1 aliphatic heterocycles. The fourth-order valence-corrected chi connectivity index (χ4v) is 3.11. The van der Waals surface area contributed by atoms with Crippen molar-refractivity contribution in [3.8, 4) is 0 Å². The van der Waals surface area contributed by atoms with Crippen molar-refractivity contribution < 1.29 is 9.59 Å². The van der Waals surface area contributed by atoms with Crippen molar-refractivity contribution in [1.82, 2.24) is 4.90 Å². The van der Waals surface area contributed by atoms with Crippen LogP contribution in [-0.4, -0.2) is 23.3 Å². The summed E-state index contributed by atoms with van der Waals surface area (Å²) in [7, 11) is 0. The number of carbonyl (C=O) groups is 2. The molecular formula is C20H22N2O2. The Balaban J connectivity index is 1.60. The second-order valence-corrected chi connectivity index (χ2v) is 6.38. The van der Waals surface area contributed by atoms with Crippen molar-refractivity contribution in [2.75, 3.05) is 11.9 Å². The van der Waals surface area contributed by atoms with E-state index in [1.165, 1.54) is 11.1 Å². The summed E-state index contributed by atoms with van der Waals surface area (Å²) in [5.41, 5.74) is 5.38. The second-order valence-electron chi connectivity index (χ2n) is 6.38. The molecule has 0 spiro atoms. The predicted octanol–water partition coefficient (Wildman–Crippen LogP) is 3.22. The van der Waals surface area contributed by atoms with Crippen LogP contribution in [0.5, 0.6) is 0 Å². The molecule has 0 saturated heterocycles. The molecule has 0 atom stereocenters. The third-order valence-corrected chi connectivity index (χ3v) is 4.45. The molecule has 24 heavy (non-hydrogen) atoms. The van der Waals surface area contributed by atoms with E-state index in [1.54, 1.807) is 4.90 Å². The molecule has 0 aliphatic carbocycles. The first-order valence-corrected chi connectivity index (χ1v) is 8.24. The lowest BCUT2D eigenvalue weighted by Gasteiger charge is -2.28. The van der Waals surface area contributed by atoms with E-state index in [1.807, 2.05) is 50.2 Å². The van der Waals surface area contributed by atoms with Crippen LogP contribution in [0.2, 0.25) is 0 Å². The normalized spacial score (nSPS) is 13.3. The van der Waals surface area contributed by atoms with Crippen LogP contribution in [0.25, 0.3) is 0 Å². The highest BCUT2D eigenvalue weighted by molar-refractivity contribution is 6.03. The number of nitrogens with one attached hydrogen (secondary N) is 1. The van der Waals surface area contributed by atoms with E-state index in [2.05, 4.69) is 11.4 Å². The van der Waals surface area contributed by atoms with Crippen LogP contribution in [0, 0.1) is 13.8 Å². The van der Waals surface area contributed by atoms with E-state index in [-0.39, 0.29) is 18.2 Å². The Morgan fingerprint density at radius 3 is 2.58 bits per heavy atom. The fourth-order valence-electron chi connectivity index (χ4n) is 3.11. The van der Waals surface area contributed by atoms with Gasteiger partial charge in [0, 0.05) is 18.8 Å². The molecule has 2 aromatic carbocycles. The van der Waals surface area contributed by atoms with Crippen LogP contribution in [0.1, 0.15) is 28.7 Å². The van der Waals surface area contributed by atoms with Gasteiger partial charge < -0.3 is 10.2 Å². The minimum atomic E-state index is -0.259. The second kappa shape index (κ2) is 6.87. The molecule has 2 amide bonds. The molecule has 1 heterocycles. The lowest BCUT2D eigenvalue weighted by atomic mass is 10.00. The summed E-state index contributed by atoms with van der Waals surface area (Å²) in [5, 5.41) is 2.84. The summed E-state index contributed by atoms with van der Waals surface area (Å²) in [5.74, 6) is -0.377. The minimum Gasteiger partial charge on any atom is -0.338 e. The van der Waals surface area contributed by atoms with Gasteiger partial charge in [0.15, 0.2) is 0 Å². The summed E-state index contributed by atoms with van der Waals surface area (Å²) in [4.78, 5) is 26.4. The van der Waals surface area contributed by atoms with Gasteiger partial charge in [0.25, 0.3) is 0 Å². The lowest BCUT2D eigenvalue weighted by Crippen LogP contribution is -2.37. The molecular weight excluding hydrogens is 300 g/mol. The number of benzene rings is 2. The van der Waals surface area contributed by atoms with E-state index in [9.17, 15) is 9.59 Å². The van der Waals surface area contributed by atoms with Crippen LogP contribution in [0.4, 0.5) is 5.69 Å². The van der Waals surface area contributed by atoms with Gasteiger partial charge in [0.1, 0.15) is 6.42 Å². The van der Waals surface area contributed by atoms with E-state index in [0.717, 1.165) is 23.2 Å². The van der Waals surface area contributed by atoms with E-state index < -0.39 is 0 Å². The zero-order chi connectivity index (χ0) is 17.1. The molecule has 1 N–H and O–H groups in total. The summed E-state index contributed by atoms with van der Waals surface area (Å²) in [6.07, 6.45) is 0.732. The van der Waals surface area contributed by atoms with Gasteiger partial charge in [-0.15, -0.1) is 0 Å². The van der Waals surface area contributed by atoms with Gasteiger partial charge >= 0.3 is 0 Å². The van der Waals surface area contributed by atoms with Gasteiger partial charge in [-0.3, -0.25) is 9.59 Å². The Bertz CT molecular complexity index is 783. The number of amides is 2. The summed E-state index contributed by atoms with van der Waals surface area (Å²) in [6.45, 7) is 5.22. The molecule has 4 nitrogen and oxygen atoms in total. The topological polar surface area (TPSA) is 49.4 Å². The molecule has 0 unspecified atom stereocenters. The highest BCUT2D eigenvalue weighted by Crippen LogP contribution is 2.20. The van der Waals surface area contributed by atoms with Crippen molar-refractivity contribution in [3.05, 3.63) is 64.7 Å². The number of fused-ring (bicyclic) bond motifs is 1. The number of hydrogen-bond acceptors (Lipinski definition) is 2. The van der Waals surface area contributed by atoms with E-state index in [4.69, 9.17) is 0 Å². The van der Waals surface area contributed by atoms with E-state index in [0.29, 0.717) is 13.1 Å². The molecule has 3 rings (SSSR count). The number of carbonyl (C=O) groups excluding carboxylic acids is 2.